The standard InChI is InChI=1S/C14H18N2O2S/c1-9(5-6-17)16-14(18)12-8-15-7-11(12)13-4-3-10(2)19-13/h3-4,7-9,15,17H,5-6H2,1-2H3,(H,16,18). The zero-order valence-corrected chi connectivity index (χ0v) is 11.9. The van der Waals surface area contributed by atoms with Crippen LogP contribution in [0.3, 0.4) is 0 Å². The summed E-state index contributed by atoms with van der Waals surface area (Å²) in [5.41, 5.74) is 1.57. The Labute approximate surface area is 116 Å². The molecular weight excluding hydrogens is 260 g/mol. The highest BCUT2D eigenvalue weighted by atomic mass is 32.1. The highest BCUT2D eigenvalue weighted by Gasteiger charge is 2.16. The lowest BCUT2D eigenvalue weighted by atomic mass is 10.1. The minimum atomic E-state index is -0.108. The number of carbonyl (C=O) groups excluding carboxylic acids is 1. The van der Waals surface area contributed by atoms with Crippen LogP contribution < -0.4 is 5.32 Å². The van der Waals surface area contributed by atoms with Crippen LogP contribution >= 0.6 is 11.3 Å². The summed E-state index contributed by atoms with van der Waals surface area (Å²) < 4.78 is 0. The molecule has 4 nitrogen and oxygen atoms in total. The van der Waals surface area contributed by atoms with Gasteiger partial charge in [0.15, 0.2) is 0 Å². The third-order valence-corrected chi connectivity index (χ3v) is 3.97. The van der Waals surface area contributed by atoms with Gasteiger partial charge in [-0.1, -0.05) is 0 Å². The van der Waals surface area contributed by atoms with Gasteiger partial charge in [-0.25, -0.2) is 0 Å². The van der Waals surface area contributed by atoms with Crippen LogP contribution in [0.25, 0.3) is 10.4 Å². The molecule has 2 aromatic heterocycles. The van der Waals surface area contributed by atoms with Gasteiger partial charge in [0.2, 0.25) is 0 Å². The molecule has 2 aromatic rings. The van der Waals surface area contributed by atoms with Gasteiger partial charge in [0, 0.05) is 40.4 Å². The average Bonchev–Trinajstić information content (AvgIpc) is 2.96. The molecule has 0 aromatic carbocycles. The Balaban J connectivity index is 2.17. The highest BCUT2D eigenvalue weighted by molar-refractivity contribution is 7.15. The van der Waals surface area contributed by atoms with Gasteiger partial charge >= 0.3 is 0 Å². The smallest absolute Gasteiger partial charge is 0.253 e. The van der Waals surface area contributed by atoms with Crippen LogP contribution in [0.2, 0.25) is 0 Å². The molecule has 1 unspecified atom stereocenters. The maximum atomic E-state index is 12.2. The summed E-state index contributed by atoms with van der Waals surface area (Å²) in [4.78, 5) is 17.5. The third kappa shape index (κ3) is 3.24. The lowest BCUT2D eigenvalue weighted by Gasteiger charge is -2.12. The second kappa shape index (κ2) is 6.04. The number of aryl methyl sites for hydroxylation is 1. The largest absolute Gasteiger partial charge is 0.396 e. The van der Waals surface area contributed by atoms with Gasteiger partial charge in [0.25, 0.3) is 5.91 Å². The van der Waals surface area contributed by atoms with Crippen molar-refractivity contribution in [1.29, 1.82) is 0 Å². The molecule has 0 saturated carbocycles. The van der Waals surface area contributed by atoms with E-state index >= 15 is 0 Å². The predicted molar refractivity (Wildman–Crippen MR) is 77.5 cm³/mol. The first-order valence-corrected chi connectivity index (χ1v) is 7.08. The van der Waals surface area contributed by atoms with Crippen LogP contribution in [0.4, 0.5) is 0 Å². The van der Waals surface area contributed by atoms with Crippen molar-refractivity contribution in [2.45, 2.75) is 26.3 Å². The van der Waals surface area contributed by atoms with Crippen LogP contribution in [0, 0.1) is 6.92 Å². The number of hydrogen-bond donors (Lipinski definition) is 3. The molecule has 0 fully saturated rings. The Morgan fingerprint density at radius 3 is 2.89 bits per heavy atom. The second-order valence-electron chi connectivity index (χ2n) is 4.58. The molecule has 0 bridgehead atoms. The van der Waals surface area contributed by atoms with Crippen LogP contribution in [0.5, 0.6) is 0 Å². The Morgan fingerprint density at radius 1 is 1.47 bits per heavy atom. The van der Waals surface area contributed by atoms with Gasteiger partial charge < -0.3 is 15.4 Å². The minimum absolute atomic E-state index is 0.0367. The molecule has 0 radical (unpaired) electrons. The number of aliphatic hydroxyl groups is 1. The Bertz CT molecular complexity index is 559. The molecule has 0 spiro atoms. The SMILES string of the molecule is Cc1ccc(-c2c[nH]cc2C(=O)NC(C)CCO)s1. The molecule has 0 aliphatic rings. The number of H-pyrrole nitrogens is 1. The maximum absolute atomic E-state index is 12.2. The van der Waals surface area contributed by atoms with Crippen molar-refractivity contribution in [3.05, 3.63) is 35.0 Å². The van der Waals surface area contributed by atoms with E-state index in [4.69, 9.17) is 5.11 Å². The van der Waals surface area contributed by atoms with Crippen molar-refractivity contribution in [2.24, 2.45) is 0 Å². The molecule has 3 N–H and O–H groups in total. The first-order valence-electron chi connectivity index (χ1n) is 6.27. The number of carbonyl (C=O) groups is 1. The summed E-state index contributed by atoms with van der Waals surface area (Å²) in [6.45, 7) is 4.01. The van der Waals surface area contributed by atoms with Crippen molar-refractivity contribution in [2.75, 3.05) is 6.61 Å². The first-order chi connectivity index (χ1) is 9.11. The molecule has 2 heterocycles. The third-order valence-electron chi connectivity index (χ3n) is 2.94. The monoisotopic (exact) mass is 278 g/mol. The van der Waals surface area contributed by atoms with Gasteiger partial charge in [-0.2, -0.15) is 0 Å². The number of aliphatic hydroxyl groups excluding tert-OH is 1. The summed E-state index contributed by atoms with van der Waals surface area (Å²) in [7, 11) is 0. The molecule has 0 aliphatic carbocycles. The molecule has 2 rings (SSSR count). The normalized spacial score (nSPS) is 12.4. The lowest BCUT2D eigenvalue weighted by molar-refractivity contribution is 0.0935. The molecule has 1 amide bonds. The Morgan fingerprint density at radius 2 is 2.26 bits per heavy atom. The van der Waals surface area contributed by atoms with Crippen molar-refractivity contribution < 1.29 is 9.90 Å². The number of nitrogens with one attached hydrogen (secondary N) is 2. The summed E-state index contributed by atoms with van der Waals surface area (Å²) in [6.07, 6.45) is 4.12. The molecule has 0 aliphatic heterocycles. The number of amides is 1. The molecular formula is C14H18N2O2S. The highest BCUT2D eigenvalue weighted by Crippen LogP contribution is 2.30. The van der Waals surface area contributed by atoms with E-state index in [-0.39, 0.29) is 18.6 Å². The Hall–Kier alpha value is -1.59. The van der Waals surface area contributed by atoms with E-state index in [9.17, 15) is 4.79 Å². The minimum Gasteiger partial charge on any atom is -0.396 e. The van der Waals surface area contributed by atoms with Crippen LogP contribution in [0.1, 0.15) is 28.6 Å². The average molecular weight is 278 g/mol. The van der Waals surface area contributed by atoms with Gasteiger partial charge in [-0.15, -0.1) is 11.3 Å². The van der Waals surface area contributed by atoms with Gasteiger partial charge in [0.1, 0.15) is 0 Å². The molecule has 19 heavy (non-hydrogen) atoms. The van der Waals surface area contributed by atoms with Gasteiger partial charge in [-0.05, 0) is 32.4 Å². The van der Waals surface area contributed by atoms with Crippen LogP contribution in [0.15, 0.2) is 24.5 Å². The fourth-order valence-corrected chi connectivity index (χ4v) is 2.80. The molecule has 102 valence electrons. The van der Waals surface area contributed by atoms with E-state index in [2.05, 4.69) is 10.3 Å². The van der Waals surface area contributed by atoms with E-state index in [1.54, 1.807) is 17.5 Å². The van der Waals surface area contributed by atoms with Crippen LogP contribution in [-0.2, 0) is 0 Å². The predicted octanol–water partition coefficient (Wildman–Crippen LogP) is 2.55. The number of aromatic nitrogens is 1. The fourth-order valence-electron chi connectivity index (χ4n) is 1.90. The van der Waals surface area contributed by atoms with E-state index in [0.717, 1.165) is 10.4 Å². The van der Waals surface area contributed by atoms with E-state index in [1.165, 1.54) is 4.88 Å². The maximum Gasteiger partial charge on any atom is 0.253 e. The second-order valence-corrected chi connectivity index (χ2v) is 5.87. The van der Waals surface area contributed by atoms with E-state index < -0.39 is 0 Å². The summed E-state index contributed by atoms with van der Waals surface area (Å²) >= 11 is 1.67. The van der Waals surface area contributed by atoms with Crippen molar-refractivity contribution in [3.8, 4) is 10.4 Å². The molecule has 1 atom stereocenters. The van der Waals surface area contributed by atoms with E-state index in [1.807, 2.05) is 32.2 Å². The topological polar surface area (TPSA) is 65.1 Å². The number of aromatic amines is 1. The summed E-state index contributed by atoms with van der Waals surface area (Å²) in [5.74, 6) is -0.108. The fraction of sp³-hybridized carbons (Fsp3) is 0.357. The zero-order chi connectivity index (χ0) is 13.8. The van der Waals surface area contributed by atoms with Crippen LogP contribution in [-0.4, -0.2) is 28.6 Å². The first kappa shape index (κ1) is 13.8. The summed E-state index contributed by atoms with van der Waals surface area (Å²) in [5, 5.41) is 11.7. The number of rotatable bonds is 5. The number of hydrogen-bond acceptors (Lipinski definition) is 3. The number of thiophene rings is 1. The quantitative estimate of drug-likeness (QED) is 0.787. The van der Waals surface area contributed by atoms with Crippen molar-refractivity contribution in [1.82, 2.24) is 10.3 Å². The molecule has 0 saturated heterocycles. The summed E-state index contributed by atoms with van der Waals surface area (Å²) in [6, 6.07) is 4.03. The Kier molecular flexibility index (Phi) is 4.39. The van der Waals surface area contributed by atoms with Gasteiger partial charge in [0.05, 0.1) is 5.56 Å². The van der Waals surface area contributed by atoms with Crippen molar-refractivity contribution >= 4 is 17.2 Å². The molecule has 5 heteroatoms. The van der Waals surface area contributed by atoms with Gasteiger partial charge in [-0.3, -0.25) is 4.79 Å². The lowest BCUT2D eigenvalue weighted by Crippen LogP contribution is -2.33. The van der Waals surface area contributed by atoms with E-state index in [0.29, 0.717) is 12.0 Å². The van der Waals surface area contributed by atoms with Crippen molar-refractivity contribution in [3.63, 3.8) is 0 Å². The zero-order valence-electron chi connectivity index (χ0n) is 11.1.